The van der Waals surface area contributed by atoms with Gasteiger partial charge in [-0.2, -0.15) is 0 Å². The second-order valence-electron chi connectivity index (χ2n) is 6.68. The Balaban J connectivity index is 1.43. The molecule has 28 heavy (non-hydrogen) atoms. The fourth-order valence-corrected chi connectivity index (χ4v) is 3.09. The highest BCUT2D eigenvalue weighted by atomic mass is 16.5. The molecule has 1 aliphatic heterocycles. The molecule has 3 rings (SSSR count). The van der Waals surface area contributed by atoms with Gasteiger partial charge in [0.05, 0.1) is 12.7 Å². The number of carbonyl (C=O) groups is 1. The molecule has 6 heteroatoms. The van der Waals surface area contributed by atoms with Crippen molar-refractivity contribution in [3.8, 4) is 5.75 Å². The van der Waals surface area contributed by atoms with E-state index in [2.05, 4.69) is 46.4 Å². The number of hydrogen-bond donors (Lipinski definition) is 2. The number of benzene rings is 2. The summed E-state index contributed by atoms with van der Waals surface area (Å²) in [5, 5.41) is 5.71. The van der Waals surface area contributed by atoms with Crippen LogP contribution in [0.2, 0.25) is 0 Å². The van der Waals surface area contributed by atoms with Crippen LogP contribution in [-0.4, -0.2) is 49.9 Å². The number of rotatable bonds is 8. The number of amides is 2. The highest BCUT2D eigenvalue weighted by Gasteiger charge is 2.21. The van der Waals surface area contributed by atoms with Gasteiger partial charge in [-0.15, -0.1) is 0 Å². The van der Waals surface area contributed by atoms with E-state index in [4.69, 9.17) is 9.47 Å². The number of urea groups is 1. The maximum atomic E-state index is 12.2. The molecule has 0 bridgehead atoms. The Morgan fingerprint density at radius 3 is 2.93 bits per heavy atom. The molecule has 2 aromatic rings. The molecule has 0 aromatic heterocycles. The van der Waals surface area contributed by atoms with Gasteiger partial charge in [-0.25, -0.2) is 4.79 Å². The summed E-state index contributed by atoms with van der Waals surface area (Å²) in [7, 11) is 0. The lowest BCUT2D eigenvalue weighted by Gasteiger charge is -2.33. The predicted molar refractivity (Wildman–Crippen MR) is 111 cm³/mol. The van der Waals surface area contributed by atoms with Gasteiger partial charge in [0.2, 0.25) is 0 Å². The first-order chi connectivity index (χ1) is 13.7. The van der Waals surface area contributed by atoms with Crippen LogP contribution in [0.1, 0.15) is 5.56 Å². The van der Waals surface area contributed by atoms with E-state index in [0.29, 0.717) is 31.2 Å². The third-order valence-electron chi connectivity index (χ3n) is 4.42. The number of morpholine rings is 1. The van der Waals surface area contributed by atoms with Gasteiger partial charge >= 0.3 is 6.03 Å². The van der Waals surface area contributed by atoms with Crippen molar-refractivity contribution in [2.75, 3.05) is 38.2 Å². The Labute approximate surface area is 166 Å². The summed E-state index contributed by atoms with van der Waals surface area (Å²) < 4.78 is 11.3. The molecule has 1 aliphatic rings. The molecule has 0 radical (unpaired) electrons. The van der Waals surface area contributed by atoms with Gasteiger partial charge in [-0.3, -0.25) is 4.90 Å². The average molecular weight is 381 g/mol. The lowest BCUT2D eigenvalue weighted by Crippen LogP contribution is -2.47. The lowest BCUT2D eigenvalue weighted by molar-refractivity contribution is -0.0285. The van der Waals surface area contributed by atoms with Crippen molar-refractivity contribution in [1.82, 2.24) is 10.2 Å². The summed E-state index contributed by atoms with van der Waals surface area (Å²) in [6.45, 7) is 7.76. The van der Waals surface area contributed by atoms with Gasteiger partial charge in [0.25, 0.3) is 0 Å². The van der Waals surface area contributed by atoms with E-state index in [-0.39, 0.29) is 12.1 Å². The molecule has 0 spiro atoms. The molecular formula is C22H27N3O3. The topological polar surface area (TPSA) is 62.8 Å². The SMILES string of the molecule is C=CCOc1cccc(NC(=O)NCC2CN(Cc3ccccc3)CCO2)c1. The summed E-state index contributed by atoms with van der Waals surface area (Å²) in [5.74, 6) is 0.685. The number of nitrogens with zero attached hydrogens (tertiary/aromatic N) is 1. The fourth-order valence-electron chi connectivity index (χ4n) is 3.09. The van der Waals surface area contributed by atoms with Crippen LogP contribution in [0.25, 0.3) is 0 Å². The van der Waals surface area contributed by atoms with E-state index >= 15 is 0 Å². The monoisotopic (exact) mass is 381 g/mol. The Morgan fingerprint density at radius 1 is 1.25 bits per heavy atom. The maximum Gasteiger partial charge on any atom is 0.319 e. The minimum absolute atomic E-state index is 0.0227. The van der Waals surface area contributed by atoms with Gasteiger partial charge in [-0.1, -0.05) is 49.1 Å². The van der Waals surface area contributed by atoms with E-state index in [1.54, 1.807) is 12.1 Å². The van der Waals surface area contributed by atoms with E-state index in [1.165, 1.54) is 5.56 Å². The minimum atomic E-state index is -0.260. The zero-order valence-corrected chi connectivity index (χ0v) is 16.0. The van der Waals surface area contributed by atoms with Gasteiger partial charge < -0.3 is 20.1 Å². The number of anilines is 1. The zero-order valence-electron chi connectivity index (χ0n) is 16.0. The van der Waals surface area contributed by atoms with Crippen LogP contribution in [0.15, 0.2) is 67.3 Å². The zero-order chi connectivity index (χ0) is 19.6. The van der Waals surface area contributed by atoms with Crippen molar-refractivity contribution in [2.45, 2.75) is 12.6 Å². The quantitative estimate of drug-likeness (QED) is 0.689. The Morgan fingerprint density at radius 2 is 2.11 bits per heavy atom. The van der Waals surface area contributed by atoms with Crippen LogP contribution >= 0.6 is 0 Å². The molecular weight excluding hydrogens is 354 g/mol. The molecule has 1 unspecified atom stereocenters. The van der Waals surface area contributed by atoms with Crippen LogP contribution in [0.5, 0.6) is 5.75 Å². The third-order valence-corrected chi connectivity index (χ3v) is 4.42. The Hall–Kier alpha value is -2.83. The number of nitrogens with one attached hydrogen (secondary N) is 2. The third kappa shape index (κ3) is 6.40. The molecule has 6 nitrogen and oxygen atoms in total. The predicted octanol–water partition coefficient (Wildman–Crippen LogP) is 3.27. The van der Waals surface area contributed by atoms with Gasteiger partial charge in [0, 0.05) is 37.9 Å². The lowest BCUT2D eigenvalue weighted by atomic mass is 10.2. The van der Waals surface area contributed by atoms with E-state index in [0.717, 1.165) is 19.6 Å². The Bertz CT molecular complexity index is 767. The van der Waals surface area contributed by atoms with E-state index < -0.39 is 0 Å². The first-order valence-corrected chi connectivity index (χ1v) is 9.49. The van der Waals surface area contributed by atoms with Crippen molar-refractivity contribution in [1.29, 1.82) is 0 Å². The minimum Gasteiger partial charge on any atom is -0.489 e. The first-order valence-electron chi connectivity index (χ1n) is 9.49. The summed E-state index contributed by atoms with van der Waals surface area (Å²) in [6.07, 6.45) is 1.66. The molecule has 148 valence electrons. The van der Waals surface area contributed by atoms with Crippen molar-refractivity contribution >= 4 is 11.7 Å². The summed E-state index contributed by atoms with van der Waals surface area (Å²) in [6, 6.07) is 17.4. The molecule has 1 saturated heterocycles. The van der Waals surface area contributed by atoms with Crippen LogP contribution in [-0.2, 0) is 11.3 Å². The Kier molecular flexibility index (Phi) is 7.46. The highest BCUT2D eigenvalue weighted by Crippen LogP contribution is 2.17. The van der Waals surface area contributed by atoms with Crippen LogP contribution in [0.4, 0.5) is 10.5 Å². The van der Waals surface area contributed by atoms with Gasteiger partial charge in [0.1, 0.15) is 12.4 Å². The molecule has 1 atom stereocenters. The summed E-state index contributed by atoms with van der Waals surface area (Å²) >= 11 is 0. The van der Waals surface area contributed by atoms with Crippen molar-refractivity contribution in [2.24, 2.45) is 0 Å². The molecule has 1 heterocycles. The van der Waals surface area contributed by atoms with Crippen LogP contribution in [0.3, 0.4) is 0 Å². The molecule has 2 aromatic carbocycles. The largest absolute Gasteiger partial charge is 0.489 e. The number of ether oxygens (including phenoxy) is 2. The molecule has 0 saturated carbocycles. The smallest absolute Gasteiger partial charge is 0.319 e. The number of hydrogen-bond acceptors (Lipinski definition) is 4. The van der Waals surface area contributed by atoms with Crippen molar-refractivity contribution < 1.29 is 14.3 Å². The van der Waals surface area contributed by atoms with E-state index in [9.17, 15) is 4.79 Å². The van der Waals surface area contributed by atoms with E-state index in [1.807, 2.05) is 24.3 Å². The standard InChI is InChI=1S/C22H27N3O3/c1-2-12-27-20-10-6-9-19(14-20)24-22(26)23-15-21-17-25(11-13-28-21)16-18-7-4-3-5-8-18/h2-10,14,21H,1,11-13,15-17H2,(H2,23,24,26). The van der Waals surface area contributed by atoms with Crippen LogP contribution < -0.4 is 15.4 Å². The number of carbonyl (C=O) groups excluding carboxylic acids is 1. The molecule has 2 amide bonds. The van der Waals surface area contributed by atoms with Gasteiger partial charge in [-0.05, 0) is 17.7 Å². The first kappa shape index (κ1) is 19.9. The summed E-state index contributed by atoms with van der Waals surface area (Å²) in [4.78, 5) is 14.6. The normalized spacial score (nSPS) is 16.9. The maximum absolute atomic E-state index is 12.2. The second-order valence-corrected chi connectivity index (χ2v) is 6.68. The molecule has 1 fully saturated rings. The van der Waals surface area contributed by atoms with Crippen molar-refractivity contribution in [3.63, 3.8) is 0 Å². The van der Waals surface area contributed by atoms with Crippen LogP contribution in [0, 0.1) is 0 Å². The average Bonchev–Trinajstić information content (AvgIpc) is 2.72. The fraction of sp³-hybridized carbons (Fsp3) is 0.318. The van der Waals surface area contributed by atoms with Gasteiger partial charge in [0.15, 0.2) is 0 Å². The highest BCUT2D eigenvalue weighted by molar-refractivity contribution is 5.89. The summed E-state index contributed by atoms with van der Waals surface area (Å²) in [5.41, 5.74) is 1.96. The molecule has 2 N–H and O–H groups in total. The van der Waals surface area contributed by atoms with Crippen molar-refractivity contribution in [3.05, 3.63) is 72.8 Å². The molecule has 0 aliphatic carbocycles. The second kappa shape index (κ2) is 10.5.